The van der Waals surface area contributed by atoms with Gasteiger partial charge in [0.1, 0.15) is 0 Å². The molecule has 33 heavy (non-hydrogen) atoms. The van der Waals surface area contributed by atoms with E-state index in [9.17, 15) is 0 Å². The summed E-state index contributed by atoms with van der Waals surface area (Å²) in [6.45, 7) is 2.10. The normalized spacial score (nSPS) is 10.7. The predicted molar refractivity (Wildman–Crippen MR) is 142 cm³/mol. The highest BCUT2D eigenvalue weighted by Crippen LogP contribution is 2.43. The van der Waals surface area contributed by atoms with Crippen LogP contribution in [0.25, 0.3) is 33.4 Å². The van der Waals surface area contributed by atoms with E-state index in [1.165, 1.54) is 5.56 Å². The summed E-state index contributed by atoms with van der Waals surface area (Å²) in [6, 6.07) is 42.0. The molecular formula is C31H26N2. The Kier molecular flexibility index (Phi) is 5.65. The first-order valence-electron chi connectivity index (χ1n) is 11.2. The predicted octanol–water partition coefficient (Wildman–Crippen LogP) is 8.32. The maximum atomic E-state index is 6.55. The molecule has 0 amide bonds. The number of hydrogen-bond donors (Lipinski definition) is 2. The van der Waals surface area contributed by atoms with Crippen LogP contribution in [0.15, 0.2) is 121 Å². The third kappa shape index (κ3) is 4.37. The lowest BCUT2D eigenvalue weighted by molar-refractivity contribution is 1.45. The van der Waals surface area contributed by atoms with Crippen LogP contribution in [-0.4, -0.2) is 0 Å². The molecule has 2 heteroatoms. The summed E-state index contributed by atoms with van der Waals surface area (Å²) in [4.78, 5) is 0. The van der Waals surface area contributed by atoms with Crippen molar-refractivity contribution in [2.45, 2.75) is 6.92 Å². The van der Waals surface area contributed by atoms with Gasteiger partial charge in [-0.15, -0.1) is 0 Å². The smallest absolute Gasteiger partial charge is 0.0400 e. The number of nitrogens with one attached hydrogen (secondary N) is 1. The van der Waals surface area contributed by atoms with Crippen LogP contribution in [0.5, 0.6) is 0 Å². The van der Waals surface area contributed by atoms with Crippen LogP contribution in [-0.2, 0) is 0 Å². The summed E-state index contributed by atoms with van der Waals surface area (Å²) in [6.07, 6.45) is 0. The number of anilines is 3. The molecule has 0 aliphatic rings. The highest BCUT2D eigenvalue weighted by atomic mass is 14.9. The summed E-state index contributed by atoms with van der Waals surface area (Å²) in [5.41, 5.74) is 17.5. The van der Waals surface area contributed by atoms with Gasteiger partial charge in [-0.3, -0.25) is 0 Å². The lowest BCUT2D eigenvalue weighted by Crippen LogP contribution is -1.97. The van der Waals surface area contributed by atoms with E-state index in [1.54, 1.807) is 0 Å². The van der Waals surface area contributed by atoms with E-state index < -0.39 is 0 Å². The molecule has 5 aromatic carbocycles. The number of nitrogen functional groups attached to an aromatic ring is 1. The molecule has 5 rings (SSSR count). The molecule has 0 saturated heterocycles. The quantitative estimate of drug-likeness (QED) is 0.277. The molecule has 0 heterocycles. The molecule has 3 N–H and O–H groups in total. The zero-order chi connectivity index (χ0) is 22.6. The fraction of sp³-hybridized carbons (Fsp3) is 0.0323. The van der Waals surface area contributed by atoms with Gasteiger partial charge in [0.15, 0.2) is 0 Å². The Hall–Kier alpha value is -4.30. The number of nitrogens with two attached hydrogens (primary N) is 1. The maximum absolute atomic E-state index is 6.55. The third-order valence-electron chi connectivity index (χ3n) is 5.87. The average Bonchev–Trinajstić information content (AvgIpc) is 2.85. The molecule has 5 aromatic rings. The minimum absolute atomic E-state index is 0.779. The fourth-order valence-corrected chi connectivity index (χ4v) is 4.30. The van der Waals surface area contributed by atoms with Crippen molar-refractivity contribution in [3.63, 3.8) is 0 Å². The molecule has 2 nitrogen and oxygen atoms in total. The second-order valence-corrected chi connectivity index (χ2v) is 8.26. The summed E-state index contributed by atoms with van der Waals surface area (Å²) in [5, 5.41) is 3.50. The molecule has 160 valence electrons. The molecule has 0 aromatic heterocycles. The largest absolute Gasteiger partial charge is 0.398 e. The van der Waals surface area contributed by atoms with Crippen LogP contribution in [0.1, 0.15) is 5.56 Å². The van der Waals surface area contributed by atoms with Gasteiger partial charge in [-0.2, -0.15) is 0 Å². The highest BCUT2D eigenvalue weighted by Gasteiger charge is 2.16. The monoisotopic (exact) mass is 426 g/mol. The SMILES string of the molecule is Cc1cccc(Nc2ccc(-c3ccc(N)c(-c4ccccc4)c3-c3ccccc3)cc2)c1. The third-order valence-corrected chi connectivity index (χ3v) is 5.87. The average molecular weight is 427 g/mol. The van der Waals surface area contributed by atoms with Crippen molar-refractivity contribution in [3.8, 4) is 33.4 Å². The van der Waals surface area contributed by atoms with Crippen LogP contribution in [0.4, 0.5) is 17.1 Å². The number of hydrogen-bond acceptors (Lipinski definition) is 2. The summed E-state index contributed by atoms with van der Waals surface area (Å²) >= 11 is 0. The number of aryl methyl sites for hydroxylation is 1. The molecule has 0 fully saturated rings. The van der Waals surface area contributed by atoms with E-state index in [-0.39, 0.29) is 0 Å². The Labute approximate surface area is 195 Å². The topological polar surface area (TPSA) is 38.0 Å². The van der Waals surface area contributed by atoms with Gasteiger partial charge in [-0.05, 0) is 70.6 Å². The summed E-state index contributed by atoms with van der Waals surface area (Å²) < 4.78 is 0. The van der Waals surface area contributed by atoms with Crippen LogP contribution < -0.4 is 11.1 Å². The highest BCUT2D eigenvalue weighted by molar-refractivity contribution is 5.99. The summed E-state index contributed by atoms with van der Waals surface area (Å²) in [7, 11) is 0. The van der Waals surface area contributed by atoms with Crippen molar-refractivity contribution >= 4 is 17.1 Å². The molecular weight excluding hydrogens is 400 g/mol. The van der Waals surface area contributed by atoms with Gasteiger partial charge in [-0.1, -0.05) is 91.0 Å². The van der Waals surface area contributed by atoms with Gasteiger partial charge < -0.3 is 11.1 Å². The lowest BCUT2D eigenvalue weighted by Gasteiger charge is -2.19. The van der Waals surface area contributed by atoms with E-state index in [0.29, 0.717) is 0 Å². The Morgan fingerprint density at radius 3 is 1.79 bits per heavy atom. The van der Waals surface area contributed by atoms with E-state index in [0.717, 1.165) is 50.4 Å². The van der Waals surface area contributed by atoms with E-state index in [1.807, 2.05) is 18.2 Å². The Balaban J connectivity index is 1.61. The molecule has 0 unspecified atom stereocenters. The van der Waals surface area contributed by atoms with Crippen molar-refractivity contribution in [2.24, 2.45) is 0 Å². The standard InChI is InChI=1S/C31H26N2/c1-22-9-8-14-27(21-22)33-26-17-15-23(16-18-26)28-19-20-29(32)31(25-12-6-3-7-13-25)30(28)24-10-4-2-5-11-24/h2-21,33H,32H2,1H3. The van der Waals surface area contributed by atoms with Crippen molar-refractivity contribution < 1.29 is 0 Å². The zero-order valence-electron chi connectivity index (χ0n) is 18.6. The van der Waals surface area contributed by atoms with Gasteiger partial charge in [0.25, 0.3) is 0 Å². The number of benzene rings is 5. The zero-order valence-corrected chi connectivity index (χ0v) is 18.6. The molecule has 0 radical (unpaired) electrons. The van der Waals surface area contributed by atoms with Crippen LogP contribution in [0, 0.1) is 6.92 Å². The minimum atomic E-state index is 0.779. The van der Waals surface area contributed by atoms with Gasteiger partial charge >= 0.3 is 0 Å². The minimum Gasteiger partial charge on any atom is -0.398 e. The van der Waals surface area contributed by atoms with Gasteiger partial charge in [0.05, 0.1) is 0 Å². The van der Waals surface area contributed by atoms with Crippen molar-refractivity contribution in [1.29, 1.82) is 0 Å². The molecule has 0 bridgehead atoms. The Bertz CT molecular complexity index is 1370. The summed E-state index contributed by atoms with van der Waals surface area (Å²) in [5.74, 6) is 0. The van der Waals surface area contributed by atoms with Crippen molar-refractivity contribution in [3.05, 3.63) is 127 Å². The first kappa shape index (κ1) is 20.6. The van der Waals surface area contributed by atoms with E-state index in [2.05, 4.69) is 115 Å². The van der Waals surface area contributed by atoms with Crippen molar-refractivity contribution in [1.82, 2.24) is 0 Å². The van der Waals surface area contributed by atoms with Gasteiger partial charge in [-0.25, -0.2) is 0 Å². The lowest BCUT2D eigenvalue weighted by atomic mass is 9.86. The molecule has 0 atom stereocenters. The first-order chi connectivity index (χ1) is 16.2. The second kappa shape index (κ2) is 9.05. The second-order valence-electron chi connectivity index (χ2n) is 8.26. The Morgan fingerprint density at radius 2 is 1.15 bits per heavy atom. The van der Waals surface area contributed by atoms with Crippen molar-refractivity contribution in [2.75, 3.05) is 11.1 Å². The fourth-order valence-electron chi connectivity index (χ4n) is 4.30. The van der Waals surface area contributed by atoms with E-state index >= 15 is 0 Å². The molecule has 0 saturated carbocycles. The van der Waals surface area contributed by atoms with Gasteiger partial charge in [0, 0.05) is 22.6 Å². The molecule has 0 aliphatic carbocycles. The van der Waals surface area contributed by atoms with Gasteiger partial charge in [0.2, 0.25) is 0 Å². The van der Waals surface area contributed by atoms with E-state index in [4.69, 9.17) is 5.73 Å². The maximum Gasteiger partial charge on any atom is 0.0400 e. The molecule has 0 aliphatic heterocycles. The number of rotatable bonds is 5. The van der Waals surface area contributed by atoms with Crippen LogP contribution in [0.3, 0.4) is 0 Å². The molecule has 0 spiro atoms. The van der Waals surface area contributed by atoms with Crippen LogP contribution in [0.2, 0.25) is 0 Å². The Morgan fingerprint density at radius 1 is 0.515 bits per heavy atom. The first-order valence-corrected chi connectivity index (χ1v) is 11.2. The van der Waals surface area contributed by atoms with Crippen LogP contribution >= 0.6 is 0 Å².